The van der Waals surface area contributed by atoms with Crippen molar-refractivity contribution in [2.24, 2.45) is 10.8 Å². The largest absolute Gasteiger partial charge is 0.479 e. The lowest BCUT2D eigenvalue weighted by atomic mass is 9.58. The summed E-state index contributed by atoms with van der Waals surface area (Å²) in [6.07, 6.45) is 1.20. The lowest BCUT2D eigenvalue weighted by Gasteiger charge is -2.52. The van der Waals surface area contributed by atoms with Crippen LogP contribution in [0, 0.1) is 10.8 Å². The molecule has 0 aliphatic heterocycles. The summed E-state index contributed by atoms with van der Waals surface area (Å²) in [4.78, 5) is 25.8. The van der Waals surface area contributed by atoms with Crippen LogP contribution in [0.25, 0.3) is 0 Å². The highest BCUT2D eigenvalue weighted by Crippen LogP contribution is 2.52. The average molecular weight is 313 g/mol. The number of hydrogen-bond acceptors (Lipinski definition) is 3. The SMILES string of the molecule is CN(C(=O)OC(C)(C)C)C1(C(=O)O)CC(C)(C)CC(C)(C)C1. The number of nitrogens with zero attached hydrogens (tertiary/aromatic N) is 1. The highest BCUT2D eigenvalue weighted by Gasteiger charge is 2.56. The van der Waals surface area contributed by atoms with E-state index in [0.717, 1.165) is 6.42 Å². The van der Waals surface area contributed by atoms with Crippen molar-refractivity contribution in [1.82, 2.24) is 4.90 Å². The van der Waals surface area contributed by atoms with Crippen molar-refractivity contribution >= 4 is 12.1 Å². The molecule has 0 radical (unpaired) electrons. The van der Waals surface area contributed by atoms with Gasteiger partial charge in [0.2, 0.25) is 0 Å². The van der Waals surface area contributed by atoms with Crippen LogP contribution in [-0.4, -0.2) is 40.3 Å². The Balaban J connectivity index is 3.21. The Morgan fingerprint density at radius 2 is 1.41 bits per heavy atom. The molecular formula is C17H31NO4. The zero-order chi connectivity index (χ0) is 17.6. The summed E-state index contributed by atoms with van der Waals surface area (Å²) in [7, 11) is 1.54. The monoisotopic (exact) mass is 313 g/mol. The first kappa shape index (κ1) is 18.8. The maximum absolute atomic E-state index is 12.4. The number of carboxylic acids is 1. The predicted octanol–water partition coefficient (Wildman–Crippen LogP) is 3.91. The molecule has 1 rings (SSSR count). The molecule has 1 amide bonds. The van der Waals surface area contributed by atoms with Gasteiger partial charge in [0, 0.05) is 7.05 Å². The Bertz CT molecular complexity index is 444. The minimum Gasteiger partial charge on any atom is -0.479 e. The first-order chi connectivity index (χ1) is 9.60. The van der Waals surface area contributed by atoms with E-state index in [0.29, 0.717) is 12.8 Å². The molecular weight excluding hydrogens is 282 g/mol. The molecule has 0 aromatic carbocycles. The second kappa shape index (κ2) is 5.43. The number of ether oxygens (including phenoxy) is 1. The molecule has 0 aromatic heterocycles. The normalized spacial score (nSPS) is 22.7. The van der Waals surface area contributed by atoms with Gasteiger partial charge >= 0.3 is 12.1 Å². The van der Waals surface area contributed by atoms with Crippen LogP contribution < -0.4 is 0 Å². The van der Waals surface area contributed by atoms with Gasteiger partial charge in [-0.25, -0.2) is 9.59 Å². The van der Waals surface area contributed by atoms with Crippen molar-refractivity contribution in [2.75, 3.05) is 7.05 Å². The highest BCUT2D eigenvalue weighted by molar-refractivity contribution is 5.84. The molecule has 1 saturated carbocycles. The van der Waals surface area contributed by atoms with Crippen LogP contribution >= 0.6 is 0 Å². The van der Waals surface area contributed by atoms with Crippen LogP contribution in [0.2, 0.25) is 0 Å². The fourth-order valence-electron chi connectivity index (χ4n) is 4.10. The van der Waals surface area contributed by atoms with E-state index in [2.05, 4.69) is 27.7 Å². The molecule has 5 nitrogen and oxygen atoms in total. The van der Waals surface area contributed by atoms with Gasteiger partial charge < -0.3 is 9.84 Å². The van der Waals surface area contributed by atoms with Gasteiger partial charge in [0.25, 0.3) is 0 Å². The van der Waals surface area contributed by atoms with Crippen molar-refractivity contribution in [2.45, 2.75) is 78.9 Å². The Labute approximate surface area is 134 Å². The molecule has 1 aliphatic rings. The lowest BCUT2D eigenvalue weighted by molar-refractivity contribution is -0.160. The van der Waals surface area contributed by atoms with Gasteiger partial charge in [-0.1, -0.05) is 27.7 Å². The summed E-state index contributed by atoms with van der Waals surface area (Å²) in [6.45, 7) is 13.6. The van der Waals surface area contributed by atoms with E-state index in [9.17, 15) is 14.7 Å². The quantitative estimate of drug-likeness (QED) is 0.839. The number of hydrogen-bond donors (Lipinski definition) is 1. The minimum atomic E-state index is -1.23. The Morgan fingerprint density at radius 1 is 1.00 bits per heavy atom. The smallest absolute Gasteiger partial charge is 0.410 e. The van der Waals surface area contributed by atoms with Gasteiger partial charge in [-0.05, 0) is 50.9 Å². The van der Waals surface area contributed by atoms with Gasteiger partial charge in [-0.15, -0.1) is 0 Å². The first-order valence-corrected chi connectivity index (χ1v) is 7.81. The van der Waals surface area contributed by atoms with Crippen molar-refractivity contribution in [3.8, 4) is 0 Å². The summed E-state index contributed by atoms with van der Waals surface area (Å²) in [5.74, 6) is -0.957. The molecule has 0 bridgehead atoms. The number of carboxylic acid groups (broad SMARTS) is 1. The number of amides is 1. The molecule has 0 unspecified atom stereocenters. The topological polar surface area (TPSA) is 66.8 Å². The fourth-order valence-corrected chi connectivity index (χ4v) is 4.10. The minimum absolute atomic E-state index is 0.156. The van der Waals surface area contributed by atoms with Gasteiger partial charge in [0.1, 0.15) is 11.1 Å². The second-order valence-corrected chi connectivity index (χ2v) is 9.23. The molecule has 1 fully saturated rings. The Kier molecular flexibility index (Phi) is 4.63. The molecule has 1 N–H and O–H groups in total. The van der Waals surface area contributed by atoms with Crippen LogP contribution in [0.5, 0.6) is 0 Å². The summed E-state index contributed by atoms with van der Waals surface area (Å²) < 4.78 is 5.39. The molecule has 0 atom stereocenters. The predicted molar refractivity (Wildman–Crippen MR) is 85.8 cm³/mol. The molecule has 1 aliphatic carbocycles. The zero-order valence-electron chi connectivity index (χ0n) is 15.2. The summed E-state index contributed by atoms with van der Waals surface area (Å²) >= 11 is 0. The summed E-state index contributed by atoms with van der Waals surface area (Å²) in [5, 5.41) is 9.92. The lowest BCUT2D eigenvalue weighted by Crippen LogP contribution is -2.62. The molecule has 0 heterocycles. The number of aliphatic carboxylic acids is 1. The van der Waals surface area contributed by atoms with Crippen molar-refractivity contribution in [3.63, 3.8) is 0 Å². The van der Waals surface area contributed by atoms with E-state index in [1.165, 1.54) is 4.90 Å². The Morgan fingerprint density at radius 3 is 1.73 bits per heavy atom. The number of likely N-dealkylation sites (N-methyl/N-ethyl adjacent to an activating group) is 1. The van der Waals surface area contributed by atoms with E-state index in [1.807, 2.05) is 0 Å². The van der Waals surface area contributed by atoms with Gasteiger partial charge in [-0.3, -0.25) is 4.90 Å². The van der Waals surface area contributed by atoms with Gasteiger partial charge in [-0.2, -0.15) is 0 Å². The van der Waals surface area contributed by atoms with E-state index in [4.69, 9.17) is 4.74 Å². The van der Waals surface area contributed by atoms with Gasteiger partial charge in [0.15, 0.2) is 0 Å². The third kappa shape index (κ3) is 4.14. The van der Waals surface area contributed by atoms with Crippen LogP contribution in [-0.2, 0) is 9.53 Å². The van der Waals surface area contributed by atoms with Gasteiger partial charge in [0.05, 0.1) is 0 Å². The Hall–Kier alpha value is -1.26. The van der Waals surface area contributed by atoms with Crippen LogP contribution in [0.1, 0.15) is 67.7 Å². The first-order valence-electron chi connectivity index (χ1n) is 7.81. The number of carbonyl (C=O) groups excluding carboxylic acids is 1. The van der Waals surface area contributed by atoms with E-state index in [1.54, 1.807) is 27.8 Å². The maximum atomic E-state index is 12.4. The molecule has 0 saturated heterocycles. The summed E-state index contributed by atoms with van der Waals surface area (Å²) in [6, 6.07) is 0. The highest BCUT2D eigenvalue weighted by atomic mass is 16.6. The van der Waals surface area contributed by atoms with E-state index in [-0.39, 0.29) is 10.8 Å². The second-order valence-electron chi connectivity index (χ2n) is 9.23. The standard InChI is InChI=1S/C17H31NO4/c1-14(2,3)22-13(21)18(8)17(12(19)20)10-15(4,5)9-16(6,7)11-17/h9-11H2,1-8H3,(H,19,20). The van der Waals surface area contributed by atoms with E-state index >= 15 is 0 Å². The molecule has 128 valence electrons. The third-order valence-corrected chi connectivity index (χ3v) is 4.21. The average Bonchev–Trinajstić information content (AvgIpc) is 2.20. The zero-order valence-corrected chi connectivity index (χ0v) is 15.2. The van der Waals surface area contributed by atoms with Crippen molar-refractivity contribution in [3.05, 3.63) is 0 Å². The number of carbonyl (C=O) groups is 2. The van der Waals surface area contributed by atoms with Crippen LogP contribution in [0.3, 0.4) is 0 Å². The molecule has 22 heavy (non-hydrogen) atoms. The number of rotatable bonds is 2. The molecule has 0 aromatic rings. The van der Waals surface area contributed by atoms with Crippen molar-refractivity contribution in [1.29, 1.82) is 0 Å². The van der Waals surface area contributed by atoms with Crippen LogP contribution in [0.4, 0.5) is 4.79 Å². The van der Waals surface area contributed by atoms with E-state index < -0.39 is 23.2 Å². The third-order valence-electron chi connectivity index (χ3n) is 4.21. The maximum Gasteiger partial charge on any atom is 0.410 e. The van der Waals surface area contributed by atoms with Crippen LogP contribution in [0.15, 0.2) is 0 Å². The fraction of sp³-hybridized carbons (Fsp3) is 0.882. The van der Waals surface area contributed by atoms with Crippen molar-refractivity contribution < 1.29 is 19.4 Å². The molecule has 5 heteroatoms. The summed E-state index contributed by atoms with van der Waals surface area (Å²) in [5.41, 5.74) is -2.19. The molecule has 0 spiro atoms.